The molecule has 0 saturated carbocycles. The van der Waals surface area contributed by atoms with Crippen molar-refractivity contribution in [3.63, 3.8) is 0 Å². The molecule has 0 unspecified atom stereocenters. The summed E-state index contributed by atoms with van der Waals surface area (Å²) in [4.78, 5) is 8.74. The van der Waals surface area contributed by atoms with Crippen molar-refractivity contribution in [3.8, 4) is 0 Å². The topological polar surface area (TPSA) is 49.8 Å². The van der Waals surface area contributed by atoms with E-state index in [1.54, 1.807) is 6.20 Å². The molecule has 24 heavy (non-hydrogen) atoms. The first kappa shape index (κ1) is 16.3. The highest BCUT2D eigenvalue weighted by atomic mass is 35.5. The molecule has 0 atom stereocenters. The molecule has 0 fully saturated rings. The van der Waals surface area contributed by atoms with Gasteiger partial charge in [0.05, 0.1) is 0 Å². The van der Waals surface area contributed by atoms with Crippen molar-refractivity contribution in [1.82, 2.24) is 9.97 Å². The van der Waals surface area contributed by atoms with Crippen molar-refractivity contribution in [2.75, 3.05) is 10.6 Å². The minimum absolute atomic E-state index is 0.532. The third kappa shape index (κ3) is 4.03. The van der Waals surface area contributed by atoms with Gasteiger partial charge in [-0.15, -0.1) is 0 Å². The van der Waals surface area contributed by atoms with Crippen molar-refractivity contribution in [1.29, 1.82) is 0 Å². The van der Waals surface area contributed by atoms with Gasteiger partial charge in [-0.3, -0.25) is 0 Å². The predicted molar refractivity (Wildman–Crippen MR) is 100 cm³/mol. The summed E-state index contributed by atoms with van der Waals surface area (Å²) in [6.45, 7) is 4.79. The Morgan fingerprint density at radius 1 is 1.00 bits per heavy atom. The molecule has 4 nitrogen and oxygen atoms in total. The molecule has 0 radical (unpaired) electrons. The molecular formula is C19H19ClN4. The molecule has 0 bridgehead atoms. The van der Waals surface area contributed by atoms with Crippen LogP contribution in [0.5, 0.6) is 0 Å². The first-order valence-electron chi connectivity index (χ1n) is 7.76. The molecule has 5 heteroatoms. The van der Waals surface area contributed by atoms with Gasteiger partial charge < -0.3 is 10.6 Å². The maximum Gasteiger partial charge on any atom is 0.229 e. The van der Waals surface area contributed by atoms with E-state index in [2.05, 4.69) is 39.7 Å². The van der Waals surface area contributed by atoms with Gasteiger partial charge in [0.25, 0.3) is 0 Å². The van der Waals surface area contributed by atoms with Gasteiger partial charge in [0.2, 0.25) is 5.95 Å². The fraction of sp³-hybridized carbons (Fsp3) is 0.158. The van der Waals surface area contributed by atoms with Gasteiger partial charge in [-0.2, -0.15) is 4.98 Å². The summed E-state index contributed by atoms with van der Waals surface area (Å²) in [5.41, 5.74) is 4.40. The standard InChI is InChI=1S/C19H19ClN4/c1-13-5-3-4-6-15(13)12-22-18-9-10-21-19(24-18)23-16-8-7-14(2)17(20)11-16/h3-11H,12H2,1-2H3,(H2,21,22,23,24). The summed E-state index contributed by atoms with van der Waals surface area (Å²) in [6, 6.07) is 15.9. The maximum absolute atomic E-state index is 6.15. The second kappa shape index (κ2) is 7.32. The van der Waals surface area contributed by atoms with Crippen molar-refractivity contribution < 1.29 is 0 Å². The molecule has 0 saturated heterocycles. The van der Waals surface area contributed by atoms with E-state index in [9.17, 15) is 0 Å². The Kier molecular flexibility index (Phi) is 4.96. The van der Waals surface area contributed by atoms with Gasteiger partial charge in [0.15, 0.2) is 0 Å². The highest BCUT2D eigenvalue weighted by Crippen LogP contribution is 2.22. The van der Waals surface area contributed by atoms with Gasteiger partial charge >= 0.3 is 0 Å². The normalized spacial score (nSPS) is 10.5. The van der Waals surface area contributed by atoms with Crippen LogP contribution in [0.25, 0.3) is 0 Å². The molecule has 2 N–H and O–H groups in total. The van der Waals surface area contributed by atoms with Crippen LogP contribution < -0.4 is 10.6 Å². The van der Waals surface area contributed by atoms with E-state index >= 15 is 0 Å². The number of benzene rings is 2. The molecule has 0 amide bonds. The number of nitrogens with zero attached hydrogens (tertiary/aromatic N) is 2. The molecular weight excluding hydrogens is 320 g/mol. The average Bonchev–Trinajstić information content (AvgIpc) is 2.58. The Balaban J connectivity index is 1.69. The zero-order valence-corrected chi connectivity index (χ0v) is 14.4. The van der Waals surface area contributed by atoms with E-state index < -0.39 is 0 Å². The molecule has 1 aromatic heterocycles. The molecule has 0 aliphatic carbocycles. The van der Waals surface area contributed by atoms with E-state index in [-0.39, 0.29) is 0 Å². The third-order valence-corrected chi connectivity index (χ3v) is 4.21. The number of aromatic nitrogens is 2. The lowest BCUT2D eigenvalue weighted by Gasteiger charge is -2.10. The van der Waals surface area contributed by atoms with Crippen LogP contribution in [-0.4, -0.2) is 9.97 Å². The van der Waals surface area contributed by atoms with Crippen LogP contribution in [0.4, 0.5) is 17.5 Å². The monoisotopic (exact) mass is 338 g/mol. The lowest BCUT2D eigenvalue weighted by atomic mass is 10.1. The molecule has 3 rings (SSSR count). The van der Waals surface area contributed by atoms with Crippen LogP contribution in [0.1, 0.15) is 16.7 Å². The quantitative estimate of drug-likeness (QED) is 0.679. The van der Waals surface area contributed by atoms with Gasteiger partial charge in [0, 0.05) is 23.5 Å². The van der Waals surface area contributed by atoms with Crippen LogP contribution >= 0.6 is 11.6 Å². The average molecular weight is 339 g/mol. The highest BCUT2D eigenvalue weighted by Gasteiger charge is 2.03. The molecule has 122 valence electrons. The van der Waals surface area contributed by atoms with Gasteiger partial charge in [-0.25, -0.2) is 4.98 Å². The minimum atomic E-state index is 0.532. The van der Waals surface area contributed by atoms with E-state index in [1.807, 2.05) is 43.3 Å². The van der Waals surface area contributed by atoms with E-state index in [0.29, 0.717) is 11.0 Å². The summed E-state index contributed by atoms with van der Waals surface area (Å²) >= 11 is 6.15. The minimum Gasteiger partial charge on any atom is -0.366 e. The van der Waals surface area contributed by atoms with Gasteiger partial charge in [-0.1, -0.05) is 41.9 Å². The fourth-order valence-corrected chi connectivity index (χ4v) is 2.49. The van der Waals surface area contributed by atoms with Crippen LogP contribution in [0.3, 0.4) is 0 Å². The van der Waals surface area contributed by atoms with Crippen LogP contribution in [0.15, 0.2) is 54.7 Å². The highest BCUT2D eigenvalue weighted by molar-refractivity contribution is 6.31. The lowest BCUT2D eigenvalue weighted by molar-refractivity contribution is 1.07. The number of hydrogen-bond acceptors (Lipinski definition) is 4. The van der Waals surface area contributed by atoms with Crippen LogP contribution in [-0.2, 0) is 6.54 Å². The zero-order valence-electron chi connectivity index (χ0n) is 13.7. The van der Waals surface area contributed by atoms with Crippen molar-refractivity contribution in [2.45, 2.75) is 20.4 Å². The summed E-state index contributed by atoms with van der Waals surface area (Å²) < 4.78 is 0. The van der Waals surface area contributed by atoms with E-state index in [1.165, 1.54) is 11.1 Å². The molecule has 2 aromatic carbocycles. The molecule has 1 heterocycles. The largest absolute Gasteiger partial charge is 0.366 e. The summed E-state index contributed by atoms with van der Waals surface area (Å²) in [7, 11) is 0. The Morgan fingerprint density at radius 3 is 2.62 bits per heavy atom. The van der Waals surface area contributed by atoms with Gasteiger partial charge in [-0.05, 0) is 48.7 Å². The summed E-state index contributed by atoms with van der Waals surface area (Å²) in [5.74, 6) is 1.30. The van der Waals surface area contributed by atoms with Gasteiger partial charge in [0.1, 0.15) is 5.82 Å². The number of rotatable bonds is 5. The first-order chi connectivity index (χ1) is 11.6. The molecule has 0 aliphatic rings. The van der Waals surface area contributed by atoms with E-state index in [0.717, 1.165) is 23.6 Å². The Hall–Kier alpha value is -2.59. The van der Waals surface area contributed by atoms with Crippen molar-refractivity contribution in [2.24, 2.45) is 0 Å². The predicted octanol–water partition coefficient (Wildman–Crippen LogP) is 5.10. The second-order valence-electron chi connectivity index (χ2n) is 5.63. The lowest BCUT2D eigenvalue weighted by Crippen LogP contribution is -2.05. The van der Waals surface area contributed by atoms with Crippen molar-refractivity contribution >= 4 is 29.1 Å². The molecule has 0 aliphatic heterocycles. The van der Waals surface area contributed by atoms with Crippen LogP contribution in [0.2, 0.25) is 5.02 Å². The Bertz CT molecular complexity index is 848. The molecule has 0 spiro atoms. The maximum atomic E-state index is 6.15. The number of aryl methyl sites for hydroxylation is 2. The third-order valence-electron chi connectivity index (χ3n) is 3.80. The summed E-state index contributed by atoms with van der Waals surface area (Å²) in [6.07, 6.45) is 1.73. The fourth-order valence-electron chi connectivity index (χ4n) is 2.31. The number of hydrogen-bond donors (Lipinski definition) is 2. The molecule has 3 aromatic rings. The SMILES string of the molecule is Cc1ccc(Nc2nccc(NCc3ccccc3C)n2)cc1Cl. The Morgan fingerprint density at radius 2 is 1.83 bits per heavy atom. The smallest absolute Gasteiger partial charge is 0.229 e. The number of halogens is 1. The van der Waals surface area contributed by atoms with Crippen molar-refractivity contribution in [3.05, 3.63) is 76.4 Å². The number of nitrogens with one attached hydrogen (secondary N) is 2. The second-order valence-corrected chi connectivity index (χ2v) is 6.04. The number of anilines is 3. The first-order valence-corrected chi connectivity index (χ1v) is 8.14. The van der Waals surface area contributed by atoms with Crippen LogP contribution in [0, 0.1) is 13.8 Å². The zero-order chi connectivity index (χ0) is 16.9. The Labute approximate surface area is 146 Å². The summed E-state index contributed by atoms with van der Waals surface area (Å²) in [5, 5.41) is 7.22. The van der Waals surface area contributed by atoms with E-state index in [4.69, 9.17) is 11.6 Å².